The summed E-state index contributed by atoms with van der Waals surface area (Å²) in [5.74, 6) is 1.39. The minimum absolute atomic E-state index is 0.198. The lowest BCUT2D eigenvalue weighted by Crippen LogP contribution is -2.46. The van der Waals surface area contributed by atoms with Crippen LogP contribution in [0.4, 0.5) is 0 Å². The van der Waals surface area contributed by atoms with Crippen molar-refractivity contribution in [3.05, 3.63) is 53.6 Å². The molecule has 2 aliphatic heterocycles. The number of carboxylic acid groups (broad SMARTS) is 1. The van der Waals surface area contributed by atoms with Crippen molar-refractivity contribution < 1.29 is 24.1 Å². The molecule has 0 bridgehead atoms. The zero-order valence-corrected chi connectivity index (χ0v) is 15.3. The molecule has 2 atom stereocenters. The molecule has 1 N–H and O–H groups in total. The van der Waals surface area contributed by atoms with E-state index in [2.05, 4.69) is 4.90 Å². The van der Waals surface area contributed by atoms with E-state index in [0.29, 0.717) is 12.2 Å². The van der Waals surface area contributed by atoms with E-state index in [4.69, 9.17) is 14.2 Å². The summed E-state index contributed by atoms with van der Waals surface area (Å²) in [6.45, 7) is 0.942. The SMILES string of the molecule is COc1cccc(C(c2ccc3c(c2)OCO3)N2CCCCC2C(=O)O)c1. The summed E-state index contributed by atoms with van der Waals surface area (Å²) < 4.78 is 16.4. The molecule has 0 aromatic heterocycles. The lowest BCUT2D eigenvalue weighted by Gasteiger charge is -2.39. The number of benzene rings is 2. The maximum absolute atomic E-state index is 11.9. The lowest BCUT2D eigenvalue weighted by atomic mass is 9.91. The molecule has 0 amide bonds. The van der Waals surface area contributed by atoms with Gasteiger partial charge in [0.2, 0.25) is 6.79 Å². The molecule has 2 aromatic rings. The smallest absolute Gasteiger partial charge is 0.320 e. The minimum Gasteiger partial charge on any atom is -0.497 e. The lowest BCUT2D eigenvalue weighted by molar-refractivity contribution is -0.145. The largest absolute Gasteiger partial charge is 0.497 e. The number of fused-ring (bicyclic) bond motifs is 1. The number of methoxy groups -OCH3 is 1. The van der Waals surface area contributed by atoms with Crippen LogP contribution >= 0.6 is 0 Å². The van der Waals surface area contributed by atoms with Gasteiger partial charge in [0.25, 0.3) is 0 Å². The predicted octanol–water partition coefficient (Wildman–Crippen LogP) is 3.45. The maximum atomic E-state index is 11.9. The van der Waals surface area contributed by atoms with Crippen LogP contribution in [0.1, 0.15) is 36.4 Å². The van der Waals surface area contributed by atoms with Crippen molar-refractivity contribution >= 4 is 5.97 Å². The van der Waals surface area contributed by atoms with E-state index >= 15 is 0 Å². The Hall–Kier alpha value is -2.73. The number of carboxylic acids is 1. The molecule has 2 aliphatic rings. The molecule has 2 unspecified atom stereocenters. The fraction of sp³-hybridized carbons (Fsp3) is 0.381. The van der Waals surface area contributed by atoms with Crippen LogP contribution in [0.15, 0.2) is 42.5 Å². The van der Waals surface area contributed by atoms with Crippen LogP contribution in [0.2, 0.25) is 0 Å². The zero-order chi connectivity index (χ0) is 18.8. The molecule has 6 heteroatoms. The van der Waals surface area contributed by atoms with Crippen LogP contribution in [-0.4, -0.2) is 42.5 Å². The van der Waals surface area contributed by atoms with Crippen molar-refractivity contribution in [2.75, 3.05) is 20.4 Å². The van der Waals surface area contributed by atoms with Crippen molar-refractivity contribution in [2.24, 2.45) is 0 Å². The van der Waals surface area contributed by atoms with Crippen molar-refractivity contribution in [2.45, 2.75) is 31.3 Å². The van der Waals surface area contributed by atoms with E-state index in [-0.39, 0.29) is 12.8 Å². The molecule has 0 spiro atoms. The molecule has 0 aliphatic carbocycles. The molecule has 1 saturated heterocycles. The van der Waals surface area contributed by atoms with E-state index < -0.39 is 12.0 Å². The number of aliphatic carboxylic acids is 1. The normalized spacial score (nSPS) is 20.3. The third kappa shape index (κ3) is 3.45. The minimum atomic E-state index is -0.775. The first-order valence-corrected chi connectivity index (χ1v) is 9.19. The van der Waals surface area contributed by atoms with Crippen LogP contribution in [0.5, 0.6) is 17.2 Å². The molecular formula is C21H23NO5. The van der Waals surface area contributed by atoms with Crippen molar-refractivity contribution in [3.63, 3.8) is 0 Å². The number of ether oxygens (including phenoxy) is 3. The first-order chi connectivity index (χ1) is 13.2. The molecule has 1 fully saturated rings. The highest BCUT2D eigenvalue weighted by Gasteiger charge is 2.35. The highest BCUT2D eigenvalue weighted by atomic mass is 16.7. The number of piperidine rings is 1. The quantitative estimate of drug-likeness (QED) is 0.871. The Morgan fingerprint density at radius 1 is 1.15 bits per heavy atom. The second-order valence-electron chi connectivity index (χ2n) is 6.88. The number of nitrogens with zero attached hydrogens (tertiary/aromatic N) is 1. The Morgan fingerprint density at radius 2 is 1.96 bits per heavy atom. The van der Waals surface area contributed by atoms with Crippen LogP contribution in [-0.2, 0) is 4.79 Å². The number of hydrogen-bond donors (Lipinski definition) is 1. The second kappa shape index (κ2) is 7.48. The molecule has 0 saturated carbocycles. The van der Waals surface area contributed by atoms with Gasteiger partial charge >= 0.3 is 5.97 Å². The topological polar surface area (TPSA) is 68.2 Å². The summed E-state index contributed by atoms with van der Waals surface area (Å²) in [7, 11) is 1.63. The Labute approximate surface area is 158 Å². The molecule has 2 heterocycles. The second-order valence-corrected chi connectivity index (χ2v) is 6.88. The average Bonchev–Trinajstić information content (AvgIpc) is 3.16. The fourth-order valence-electron chi connectivity index (χ4n) is 4.00. The average molecular weight is 369 g/mol. The Bertz CT molecular complexity index is 837. The van der Waals surface area contributed by atoms with E-state index in [0.717, 1.165) is 42.0 Å². The third-order valence-electron chi connectivity index (χ3n) is 5.28. The van der Waals surface area contributed by atoms with Gasteiger partial charge in [-0.2, -0.15) is 0 Å². The summed E-state index contributed by atoms with van der Waals surface area (Å²) >= 11 is 0. The van der Waals surface area contributed by atoms with Gasteiger partial charge in [-0.05, 0) is 54.8 Å². The van der Waals surface area contributed by atoms with Gasteiger partial charge in [-0.15, -0.1) is 0 Å². The Kier molecular flexibility index (Phi) is 4.90. The first-order valence-electron chi connectivity index (χ1n) is 9.19. The van der Waals surface area contributed by atoms with Gasteiger partial charge in [0.05, 0.1) is 13.2 Å². The van der Waals surface area contributed by atoms with Crippen LogP contribution < -0.4 is 14.2 Å². The fourth-order valence-corrected chi connectivity index (χ4v) is 4.00. The van der Waals surface area contributed by atoms with Gasteiger partial charge in [0.15, 0.2) is 11.5 Å². The Balaban J connectivity index is 1.80. The highest BCUT2D eigenvalue weighted by Crippen LogP contribution is 2.40. The van der Waals surface area contributed by atoms with E-state index in [1.54, 1.807) is 7.11 Å². The summed E-state index contributed by atoms with van der Waals surface area (Å²) in [4.78, 5) is 14.0. The molecular weight excluding hydrogens is 346 g/mol. The summed E-state index contributed by atoms with van der Waals surface area (Å²) in [5.41, 5.74) is 1.99. The van der Waals surface area contributed by atoms with Gasteiger partial charge < -0.3 is 19.3 Å². The molecule has 2 aromatic carbocycles. The molecule has 4 rings (SSSR count). The summed E-state index contributed by atoms with van der Waals surface area (Å²) in [6.07, 6.45) is 2.56. The van der Waals surface area contributed by atoms with Crippen LogP contribution in [0.3, 0.4) is 0 Å². The number of rotatable bonds is 5. The molecule has 0 radical (unpaired) electrons. The number of likely N-dealkylation sites (tertiary alicyclic amines) is 1. The summed E-state index contributed by atoms with van der Waals surface area (Å²) in [5, 5.41) is 9.80. The van der Waals surface area contributed by atoms with Gasteiger partial charge in [0.1, 0.15) is 11.8 Å². The van der Waals surface area contributed by atoms with Crippen molar-refractivity contribution in [3.8, 4) is 17.2 Å². The van der Waals surface area contributed by atoms with Gasteiger partial charge in [-0.25, -0.2) is 0 Å². The summed E-state index contributed by atoms with van der Waals surface area (Å²) in [6, 6.07) is 13.0. The van der Waals surface area contributed by atoms with E-state index in [1.165, 1.54) is 0 Å². The number of carbonyl (C=O) groups is 1. The molecule has 142 valence electrons. The maximum Gasteiger partial charge on any atom is 0.320 e. The molecule has 27 heavy (non-hydrogen) atoms. The third-order valence-corrected chi connectivity index (χ3v) is 5.28. The van der Waals surface area contributed by atoms with Gasteiger partial charge in [0, 0.05) is 0 Å². The van der Waals surface area contributed by atoms with Crippen LogP contribution in [0.25, 0.3) is 0 Å². The standard InChI is InChI=1S/C21H23NO5/c1-25-16-6-4-5-14(11-16)20(22-10-3-2-7-17(22)21(23)24)15-8-9-18-19(12-15)27-13-26-18/h4-6,8-9,11-12,17,20H,2-3,7,10,13H2,1H3,(H,23,24). The van der Waals surface area contributed by atoms with E-state index in [9.17, 15) is 9.90 Å². The van der Waals surface area contributed by atoms with E-state index in [1.807, 2.05) is 42.5 Å². The first kappa shape index (κ1) is 17.7. The predicted molar refractivity (Wildman–Crippen MR) is 99.4 cm³/mol. The van der Waals surface area contributed by atoms with Crippen molar-refractivity contribution in [1.82, 2.24) is 4.90 Å². The molecule has 6 nitrogen and oxygen atoms in total. The van der Waals surface area contributed by atoms with Gasteiger partial charge in [-0.1, -0.05) is 24.6 Å². The zero-order valence-electron chi connectivity index (χ0n) is 15.3. The monoisotopic (exact) mass is 369 g/mol. The Morgan fingerprint density at radius 3 is 2.78 bits per heavy atom. The number of hydrogen-bond acceptors (Lipinski definition) is 5. The van der Waals surface area contributed by atoms with Crippen LogP contribution in [0, 0.1) is 0 Å². The van der Waals surface area contributed by atoms with Crippen molar-refractivity contribution in [1.29, 1.82) is 0 Å². The van der Waals surface area contributed by atoms with Gasteiger partial charge in [-0.3, -0.25) is 9.69 Å². The highest BCUT2D eigenvalue weighted by molar-refractivity contribution is 5.73.